The van der Waals surface area contributed by atoms with Gasteiger partial charge < -0.3 is 0 Å². The Morgan fingerprint density at radius 3 is 2.60 bits per heavy atom. The highest BCUT2D eigenvalue weighted by molar-refractivity contribution is 7.99. The molecule has 1 heterocycles. The fraction of sp³-hybridized carbons (Fsp3) is 0.800. The van der Waals surface area contributed by atoms with E-state index in [4.69, 9.17) is 0 Å². The van der Waals surface area contributed by atoms with Crippen molar-refractivity contribution in [1.82, 2.24) is 20.2 Å². The third-order valence-corrected chi connectivity index (χ3v) is 1.95. The van der Waals surface area contributed by atoms with Gasteiger partial charge in [-0.05, 0) is 10.4 Å². The molecule has 1 aromatic rings. The van der Waals surface area contributed by atoms with Crippen molar-refractivity contribution in [2.45, 2.75) is 24.3 Å². The third kappa shape index (κ3) is 1.70. The second kappa shape index (κ2) is 3.01. The summed E-state index contributed by atoms with van der Waals surface area (Å²) in [6.45, 7) is 4.22. The second-order valence-corrected chi connectivity index (χ2v) is 3.80. The lowest BCUT2D eigenvalue weighted by Crippen LogP contribution is -1.96. The molecule has 10 heavy (non-hydrogen) atoms. The van der Waals surface area contributed by atoms with Gasteiger partial charge in [-0.25, -0.2) is 4.68 Å². The lowest BCUT2D eigenvalue weighted by Gasteiger charge is -1.99. The van der Waals surface area contributed by atoms with Crippen LogP contribution in [0.5, 0.6) is 0 Å². The van der Waals surface area contributed by atoms with Gasteiger partial charge >= 0.3 is 0 Å². The Bertz CT molecular complexity index is 207. The third-order valence-electron chi connectivity index (χ3n) is 0.922. The smallest absolute Gasteiger partial charge is 0.209 e. The normalized spacial score (nSPS) is 10.8. The first kappa shape index (κ1) is 7.53. The molecule has 0 aromatic carbocycles. The predicted octanol–water partition coefficient (Wildman–Crippen LogP) is 0.711. The van der Waals surface area contributed by atoms with E-state index in [1.165, 1.54) is 0 Å². The van der Waals surface area contributed by atoms with Gasteiger partial charge in [0.15, 0.2) is 0 Å². The van der Waals surface area contributed by atoms with E-state index in [1.807, 2.05) is 7.05 Å². The summed E-state index contributed by atoms with van der Waals surface area (Å²) in [6, 6.07) is 0. The van der Waals surface area contributed by atoms with E-state index < -0.39 is 0 Å². The Morgan fingerprint density at radius 2 is 2.20 bits per heavy atom. The number of aromatic nitrogens is 4. The SMILES string of the molecule is CC(C)Sc1nnnn1C. The molecule has 0 fully saturated rings. The maximum atomic E-state index is 3.82. The number of thioether (sulfide) groups is 1. The first-order chi connectivity index (χ1) is 4.70. The topological polar surface area (TPSA) is 43.6 Å². The summed E-state index contributed by atoms with van der Waals surface area (Å²) in [5.41, 5.74) is 0. The molecule has 4 nitrogen and oxygen atoms in total. The molecule has 0 aliphatic heterocycles. The van der Waals surface area contributed by atoms with Gasteiger partial charge in [-0.1, -0.05) is 25.6 Å². The summed E-state index contributed by atoms with van der Waals surface area (Å²) >= 11 is 1.66. The van der Waals surface area contributed by atoms with Crippen LogP contribution in [0.2, 0.25) is 0 Å². The average Bonchev–Trinajstić information content (AvgIpc) is 2.15. The molecule has 0 spiro atoms. The summed E-state index contributed by atoms with van der Waals surface area (Å²) in [6.07, 6.45) is 0. The highest BCUT2D eigenvalue weighted by Crippen LogP contribution is 2.17. The quantitative estimate of drug-likeness (QED) is 0.594. The summed E-state index contributed by atoms with van der Waals surface area (Å²) in [5, 5.41) is 12.4. The van der Waals surface area contributed by atoms with E-state index in [2.05, 4.69) is 29.4 Å². The lowest BCUT2D eigenvalue weighted by molar-refractivity contribution is 0.663. The number of nitrogens with zero attached hydrogens (tertiary/aromatic N) is 4. The Hall–Kier alpha value is -0.580. The van der Waals surface area contributed by atoms with Crippen molar-refractivity contribution in [3.05, 3.63) is 0 Å². The van der Waals surface area contributed by atoms with Crippen LogP contribution >= 0.6 is 11.8 Å². The first-order valence-corrected chi connectivity index (χ1v) is 3.97. The van der Waals surface area contributed by atoms with Crippen LogP contribution in [0.4, 0.5) is 0 Å². The van der Waals surface area contributed by atoms with Crippen LogP contribution in [-0.2, 0) is 7.05 Å². The van der Waals surface area contributed by atoms with E-state index in [-0.39, 0.29) is 0 Å². The molecule has 0 saturated heterocycles. The molecule has 0 atom stereocenters. The molecule has 0 saturated carbocycles. The standard InChI is InChI=1S/C5H10N4S/c1-4(2)10-5-6-7-8-9(5)3/h4H,1-3H3. The van der Waals surface area contributed by atoms with E-state index in [0.717, 1.165) is 5.16 Å². The largest absolute Gasteiger partial charge is 0.224 e. The van der Waals surface area contributed by atoms with Crippen molar-refractivity contribution in [1.29, 1.82) is 0 Å². The average molecular weight is 158 g/mol. The molecule has 56 valence electrons. The van der Waals surface area contributed by atoms with Crippen molar-refractivity contribution >= 4 is 11.8 Å². The van der Waals surface area contributed by atoms with Crippen LogP contribution < -0.4 is 0 Å². The van der Waals surface area contributed by atoms with E-state index in [9.17, 15) is 0 Å². The number of rotatable bonds is 2. The maximum Gasteiger partial charge on any atom is 0.209 e. The summed E-state index contributed by atoms with van der Waals surface area (Å²) in [7, 11) is 1.84. The monoisotopic (exact) mass is 158 g/mol. The second-order valence-electron chi connectivity index (χ2n) is 2.25. The van der Waals surface area contributed by atoms with E-state index >= 15 is 0 Å². The molecule has 1 aromatic heterocycles. The maximum absolute atomic E-state index is 3.82. The first-order valence-electron chi connectivity index (χ1n) is 3.09. The van der Waals surface area contributed by atoms with Gasteiger partial charge in [0.05, 0.1) is 0 Å². The minimum Gasteiger partial charge on any atom is -0.224 e. The highest BCUT2D eigenvalue weighted by Gasteiger charge is 2.03. The summed E-state index contributed by atoms with van der Waals surface area (Å²) in [4.78, 5) is 0. The van der Waals surface area contributed by atoms with Crippen LogP contribution in [0, 0.1) is 0 Å². The van der Waals surface area contributed by atoms with Crippen molar-refractivity contribution in [3.8, 4) is 0 Å². The Kier molecular flexibility index (Phi) is 2.26. The zero-order chi connectivity index (χ0) is 7.56. The van der Waals surface area contributed by atoms with Crippen molar-refractivity contribution in [3.63, 3.8) is 0 Å². The molecule has 0 aliphatic carbocycles. The lowest BCUT2D eigenvalue weighted by atomic mass is 10.6. The van der Waals surface area contributed by atoms with E-state index in [0.29, 0.717) is 5.25 Å². The molecule has 5 heteroatoms. The fourth-order valence-electron chi connectivity index (χ4n) is 0.532. The van der Waals surface area contributed by atoms with Crippen molar-refractivity contribution in [2.24, 2.45) is 7.05 Å². The van der Waals surface area contributed by atoms with Crippen LogP contribution in [0.25, 0.3) is 0 Å². The zero-order valence-corrected chi connectivity index (χ0v) is 7.09. The van der Waals surface area contributed by atoms with Gasteiger partial charge in [0.25, 0.3) is 0 Å². The number of hydrogen-bond donors (Lipinski definition) is 0. The number of hydrogen-bond acceptors (Lipinski definition) is 4. The van der Waals surface area contributed by atoms with Gasteiger partial charge in [0, 0.05) is 12.3 Å². The van der Waals surface area contributed by atoms with Gasteiger partial charge in [-0.3, -0.25) is 0 Å². The Labute approximate surface area is 64.0 Å². The zero-order valence-electron chi connectivity index (χ0n) is 6.27. The molecule has 0 N–H and O–H groups in total. The van der Waals surface area contributed by atoms with Crippen LogP contribution in [0.3, 0.4) is 0 Å². The van der Waals surface area contributed by atoms with Crippen LogP contribution in [0.1, 0.15) is 13.8 Å². The minimum absolute atomic E-state index is 0.532. The van der Waals surface area contributed by atoms with Gasteiger partial charge in [-0.2, -0.15) is 0 Å². The van der Waals surface area contributed by atoms with E-state index in [1.54, 1.807) is 16.4 Å². The van der Waals surface area contributed by atoms with Gasteiger partial charge in [0.1, 0.15) is 0 Å². The molecule has 1 rings (SSSR count). The Balaban J connectivity index is 2.65. The van der Waals surface area contributed by atoms with Gasteiger partial charge in [0.2, 0.25) is 5.16 Å². The van der Waals surface area contributed by atoms with Gasteiger partial charge in [-0.15, -0.1) is 5.10 Å². The summed E-state index contributed by atoms with van der Waals surface area (Å²) < 4.78 is 1.67. The molecule has 0 radical (unpaired) electrons. The van der Waals surface area contributed by atoms with Crippen molar-refractivity contribution < 1.29 is 0 Å². The molecule has 0 unspecified atom stereocenters. The fourth-order valence-corrected chi connectivity index (χ4v) is 1.23. The molecule has 0 aliphatic rings. The van der Waals surface area contributed by atoms with Crippen LogP contribution in [-0.4, -0.2) is 25.5 Å². The minimum atomic E-state index is 0.532. The molecular formula is C5H10N4S. The molecular weight excluding hydrogens is 148 g/mol. The Morgan fingerprint density at radius 1 is 1.50 bits per heavy atom. The number of tetrazole rings is 1. The molecule has 0 amide bonds. The summed E-state index contributed by atoms with van der Waals surface area (Å²) in [5.74, 6) is 0. The van der Waals surface area contributed by atoms with Crippen LogP contribution in [0.15, 0.2) is 5.16 Å². The van der Waals surface area contributed by atoms with Crippen molar-refractivity contribution in [2.75, 3.05) is 0 Å². The molecule has 0 bridgehead atoms. The highest BCUT2D eigenvalue weighted by atomic mass is 32.2. The number of aryl methyl sites for hydroxylation is 1. The predicted molar refractivity (Wildman–Crippen MR) is 39.8 cm³/mol.